The third kappa shape index (κ3) is 5.30. The Labute approximate surface area is 170 Å². The summed E-state index contributed by atoms with van der Waals surface area (Å²) in [4.78, 5) is 23.8. The Balaban J connectivity index is 1.56. The lowest BCUT2D eigenvalue weighted by Crippen LogP contribution is -2.35. The Kier molecular flexibility index (Phi) is 6.41. The number of carbonyl (C=O) groups excluding carboxylic acids is 2. The molecule has 29 heavy (non-hydrogen) atoms. The van der Waals surface area contributed by atoms with Crippen molar-refractivity contribution in [2.45, 2.75) is 6.61 Å². The van der Waals surface area contributed by atoms with Crippen molar-refractivity contribution in [2.24, 2.45) is 0 Å². The van der Waals surface area contributed by atoms with Crippen molar-refractivity contribution in [1.82, 2.24) is 5.32 Å². The zero-order valence-corrected chi connectivity index (χ0v) is 15.7. The molecule has 0 aliphatic heterocycles. The van der Waals surface area contributed by atoms with Gasteiger partial charge in [-0.1, -0.05) is 41.9 Å². The van der Waals surface area contributed by atoms with E-state index in [0.717, 1.165) is 23.8 Å². The highest BCUT2D eigenvalue weighted by Crippen LogP contribution is 2.24. The summed E-state index contributed by atoms with van der Waals surface area (Å²) in [5, 5.41) is 4.80. The molecular formula is C21H15ClF2N2O3. The average Bonchev–Trinajstić information content (AvgIpc) is 2.68. The highest BCUT2D eigenvalue weighted by atomic mass is 35.5. The molecule has 8 heteroatoms. The molecule has 3 aromatic carbocycles. The maximum absolute atomic E-state index is 13.6. The van der Waals surface area contributed by atoms with Crippen LogP contribution in [-0.4, -0.2) is 11.9 Å². The number of anilines is 1. The van der Waals surface area contributed by atoms with E-state index < -0.39 is 29.1 Å². The largest absolute Gasteiger partial charge is 0.487 e. The monoisotopic (exact) mass is 416 g/mol. The van der Waals surface area contributed by atoms with Crippen LogP contribution >= 0.6 is 11.6 Å². The Hall–Kier alpha value is -3.45. The number of halogens is 3. The number of benzene rings is 3. The Morgan fingerprint density at radius 3 is 2.21 bits per heavy atom. The van der Waals surface area contributed by atoms with E-state index in [0.29, 0.717) is 16.5 Å². The van der Waals surface area contributed by atoms with Gasteiger partial charge in [-0.2, -0.15) is 0 Å². The van der Waals surface area contributed by atoms with Crippen LogP contribution in [0.3, 0.4) is 0 Å². The van der Waals surface area contributed by atoms with Crippen LogP contribution in [0.15, 0.2) is 66.7 Å². The highest BCUT2D eigenvalue weighted by molar-refractivity contribution is 6.32. The van der Waals surface area contributed by atoms with E-state index in [9.17, 15) is 18.4 Å². The van der Waals surface area contributed by atoms with E-state index in [1.54, 1.807) is 48.5 Å². The lowest BCUT2D eigenvalue weighted by Gasteiger charge is -2.10. The second-order valence-electron chi connectivity index (χ2n) is 5.92. The standard InChI is InChI=1S/C21H15ClF2N2O3/c22-15-4-1-2-7-18(15)29-12-13-8-10-14(11-9-13)25-21(28)26-20(27)19-16(23)5-3-6-17(19)24/h1-11H,12H2,(H2,25,26,27,28). The fourth-order valence-corrected chi connectivity index (χ4v) is 2.64. The van der Waals surface area contributed by atoms with Crippen LogP contribution in [0.1, 0.15) is 15.9 Å². The molecule has 3 amide bonds. The van der Waals surface area contributed by atoms with Gasteiger partial charge in [0.2, 0.25) is 0 Å². The molecule has 3 rings (SSSR count). The van der Waals surface area contributed by atoms with Gasteiger partial charge in [-0.15, -0.1) is 0 Å². The van der Waals surface area contributed by atoms with Gasteiger partial charge < -0.3 is 10.1 Å². The predicted octanol–water partition coefficient (Wildman–Crippen LogP) is 5.16. The molecule has 0 aliphatic carbocycles. The van der Waals surface area contributed by atoms with Gasteiger partial charge in [0.05, 0.1) is 5.02 Å². The van der Waals surface area contributed by atoms with Crippen LogP contribution < -0.4 is 15.4 Å². The Bertz CT molecular complexity index is 1020. The van der Waals surface area contributed by atoms with Gasteiger partial charge in [-0.25, -0.2) is 13.6 Å². The number of ether oxygens (including phenoxy) is 1. The van der Waals surface area contributed by atoms with Crippen molar-refractivity contribution in [3.63, 3.8) is 0 Å². The molecule has 0 aliphatic rings. The number of imide groups is 1. The molecule has 0 saturated heterocycles. The van der Waals surface area contributed by atoms with Gasteiger partial charge in [0, 0.05) is 5.69 Å². The van der Waals surface area contributed by atoms with Gasteiger partial charge in [0.1, 0.15) is 29.6 Å². The zero-order valence-electron chi connectivity index (χ0n) is 14.9. The fraction of sp³-hybridized carbons (Fsp3) is 0.0476. The first-order valence-electron chi connectivity index (χ1n) is 8.46. The fourth-order valence-electron chi connectivity index (χ4n) is 2.45. The first-order valence-corrected chi connectivity index (χ1v) is 8.84. The van der Waals surface area contributed by atoms with Crippen LogP contribution in [0.2, 0.25) is 5.02 Å². The molecule has 5 nitrogen and oxygen atoms in total. The first kappa shape index (κ1) is 20.3. The minimum absolute atomic E-state index is 0.265. The summed E-state index contributed by atoms with van der Waals surface area (Å²) in [6, 6.07) is 15.8. The third-order valence-electron chi connectivity index (χ3n) is 3.86. The van der Waals surface area contributed by atoms with E-state index in [1.165, 1.54) is 0 Å². The van der Waals surface area contributed by atoms with Crippen LogP contribution in [0, 0.1) is 11.6 Å². The SMILES string of the molecule is O=C(NC(=O)c1c(F)cccc1F)Nc1ccc(COc2ccccc2Cl)cc1. The zero-order chi connectivity index (χ0) is 20.8. The molecule has 0 spiro atoms. The van der Waals surface area contributed by atoms with Gasteiger partial charge in [0.25, 0.3) is 5.91 Å². The number of urea groups is 1. The number of rotatable bonds is 5. The van der Waals surface area contributed by atoms with Crippen LogP contribution in [0.25, 0.3) is 0 Å². The molecule has 0 fully saturated rings. The molecule has 0 atom stereocenters. The number of amides is 3. The topological polar surface area (TPSA) is 67.4 Å². The minimum atomic E-state index is -1.18. The Morgan fingerprint density at radius 2 is 1.55 bits per heavy atom. The first-order chi connectivity index (χ1) is 13.9. The number of hydrogen-bond donors (Lipinski definition) is 2. The van der Waals surface area contributed by atoms with E-state index in [1.807, 2.05) is 5.32 Å². The van der Waals surface area contributed by atoms with E-state index >= 15 is 0 Å². The van der Waals surface area contributed by atoms with Crippen molar-refractivity contribution in [2.75, 3.05) is 5.32 Å². The van der Waals surface area contributed by atoms with Crippen LogP contribution in [0.4, 0.5) is 19.3 Å². The highest BCUT2D eigenvalue weighted by Gasteiger charge is 2.19. The summed E-state index contributed by atoms with van der Waals surface area (Å²) < 4.78 is 32.8. The molecular weight excluding hydrogens is 402 g/mol. The van der Waals surface area contributed by atoms with Gasteiger partial charge in [0.15, 0.2) is 0 Å². The normalized spacial score (nSPS) is 10.3. The minimum Gasteiger partial charge on any atom is -0.487 e. The van der Waals surface area contributed by atoms with Crippen LogP contribution in [0.5, 0.6) is 5.75 Å². The number of nitrogens with one attached hydrogen (secondary N) is 2. The van der Waals surface area contributed by atoms with Gasteiger partial charge in [-0.05, 0) is 42.0 Å². The predicted molar refractivity (Wildman–Crippen MR) is 105 cm³/mol. The second-order valence-corrected chi connectivity index (χ2v) is 6.33. The van der Waals surface area contributed by atoms with Gasteiger partial charge in [-0.3, -0.25) is 10.1 Å². The molecule has 0 heterocycles. The lowest BCUT2D eigenvalue weighted by atomic mass is 10.2. The van der Waals surface area contributed by atoms with Crippen molar-refractivity contribution < 1.29 is 23.1 Å². The molecule has 0 saturated carbocycles. The van der Waals surface area contributed by atoms with Gasteiger partial charge >= 0.3 is 6.03 Å². The maximum atomic E-state index is 13.6. The van der Waals surface area contributed by atoms with E-state index in [-0.39, 0.29) is 6.61 Å². The molecule has 2 N–H and O–H groups in total. The van der Waals surface area contributed by atoms with Crippen LogP contribution in [-0.2, 0) is 6.61 Å². The van der Waals surface area contributed by atoms with Crippen molar-refractivity contribution >= 4 is 29.2 Å². The molecule has 148 valence electrons. The molecule has 3 aromatic rings. The summed E-state index contributed by atoms with van der Waals surface area (Å²) >= 11 is 6.02. The Morgan fingerprint density at radius 1 is 0.897 bits per heavy atom. The maximum Gasteiger partial charge on any atom is 0.326 e. The van der Waals surface area contributed by atoms with E-state index in [2.05, 4.69) is 5.32 Å². The number of hydrogen-bond acceptors (Lipinski definition) is 3. The summed E-state index contributed by atoms with van der Waals surface area (Å²) in [6.45, 7) is 0.265. The van der Waals surface area contributed by atoms with Crippen molar-refractivity contribution in [3.05, 3.63) is 94.5 Å². The number of carbonyl (C=O) groups is 2. The van der Waals surface area contributed by atoms with E-state index in [4.69, 9.17) is 16.3 Å². The molecule has 0 radical (unpaired) electrons. The lowest BCUT2D eigenvalue weighted by molar-refractivity contribution is 0.0959. The average molecular weight is 417 g/mol. The quantitative estimate of drug-likeness (QED) is 0.603. The van der Waals surface area contributed by atoms with Crippen molar-refractivity contribution in [1.29, 1.82) is 0 Å². The third-order valence-corrected chi connectivity index (χ3v) is 4.17. The molecule has 0 bridgehead atoms. The summed E-state index contributed by atoms with van der Waals surface area (Å²) in [5.74, 6) is -2.74. The smallest absolute Gasteiger partial charge is 0.326 e. The molecule has 0 aromatic heterocycles. The molecule has 0 unspecified atom stereocenters. The summed E-state index contributed by atoms with van der Waals surface area (Å²) in [6.07, 6.45) is 0. The van der Waals surface area contributed by atoms with Crippen molar-refractivity contribution in [3.8, 4) is 5.75 Å². The summed E-state index contributed by atoms with van der Waals surface area (Å²) in [7, 11) is 0. The summed E-state index contributed by atoms with van der Waals surface area (Å²) in [5.41, 5.74) is 0.376. The second kappa shape index (κ2) is 9.16. The number of para-hydroxylation sites is 1.